The number of ether oxygens (including phenoxy) is 1. The summed E-state index contributed by atoms with van der Waals surface area (Å²) in [6.45, 7) is 2.32. The second-order valence-electron chi connectivity index (χ2n) is 6.40. The normalized spacial score (nSPS) is 17.0. The molecule has 25 heavy (non-hydrogen) atoms. The van der Waals surface area contributed by atoms with Crippen molar-refractivity contribution in [3.63, 3.8) is 0 Å². The van der Waals surface area contributed by atoms with Crippen LogP contribution in [-0.4, -0.2) is 23.3 Å². The van der Waals surface area contributed by atoms with Crippen LogP contribution in [0.5, 0.6) is 5.75 Å². The summed E-state index contributed by atoms with van der Waals surface area (Å²) < 4.78 is 5.17. The molecule has 1 aromatic carbocycles. The molecule has 2 heterocycles. The number of benzene rings is 1. The van der Waals surface area contributed by atoms with Crippen LogP contribution in [0.4, 0.5) is 5.82 Å². The average Bonchev–Trinajstić information content (AvgIpc) is 3.00. The molecule has 1 aliphatic carbocycles. The van der Waals surface area contributed by atoms with Crippen LogP contribution in [0.3, 0.4) is 0 Å². The molecule has 0 unspecified atom stereocenters. The van der Waals surface area contributed by atoms with E-state index in [1.54, 1.807) is 31.0 Å². The number of nitrogens with one attached hydrogen (secondary N) is 1. The van der Waals surface area contributed by atoms with E-state index in [-0.39, 0.29) is 0 Å². The largest absolute Gasteiger partial charge is 0.497 e. The molecule has 4 rings (SSSR count). The van der Waals surface area contributed by atoms with Gasteiger partial charge >= 0.3 is 0 Å². The molecule has 0 bridgehead atoms. The third kappa shape index (κ3) is 3.22. The molecule has 0 fully saturated rings. The topological polar surface area (TPSA) is 59.4 Å². The summed E-state index contributed by atoms with van der Waals surface area (Å²) in [5.41, 5.74) is 5.51. The Morgan fingerprint density at radius 2 is 2.12 bits per heavy atom. The highest BCUT2D eigenvalue weighted by Crippen LogP contribution is 2.39. The van der Waals surface area contributed by atoms with Gasteiger partial charge in [0.15, 0.2) is 5.82 Å². The van der Waals surface area contributed by atoms with Crippen molar-refractivity contribution >= 4 is 33.6 Å². The Morgan fingerprint density at radius 3 is 2.92 bits per heavy atom. The number of hydrogen-bond acceptors (Lipinski definition) is 6. The molecule has 0 aliphatic heterocycles. The van der Waals surface area contributed by atoms with Crippen LogP contribution in [-0.2, 0) is 12.8 Å². The lowest BCUT2D eigenvalue weighted by atomic mass is 9.89. The van der Waals surface area contributed by atoms with Gasteiger partial charge in [0.25, 0.3) is 0 Å². The molecule has 0 spiro atoms. The number of aromatic nitrogens is 2. The Balaban J connectivity index is 1.59. The van der Waals surface area contributed by atoms with Gasteiger partial charge in [-0.25, -0.2) is 9.97 Å². The number of nitrogens with zero attached hydrogens (tertiary/aromatic N) is 3. The highest BCUT2D eigenvalue weighted by atomic mass is 32.1. The first-order valence-electron chi connectivity index (χ1n) is 8.43. The van der Waals surface area contributed by atoms with Gasteiger partial charge in [-0.1, -0.05) is 6.92 Å². The zero-order valence-corrected chi connectivity index (χ0v) is 15.1. The highest BCUT2D eigenvalue weighted by molar-refractivity contribution is 7.19. The molecule has 5 nitrogen and oxygen atoms in total. The van der Waals surface area contributed by atoms with Gasteiger partial charge in [0, 0.05) is 4.88 Å². The van der Waals surface area contributed by atoms with Gasteiger partial charge in [-0.3, -0.25) is 5.43 Å². The second-order valence-corrected chi connectivity index (χ2v) is 7.48. The van der Waals surface area contributed by atoms with Crippen molar-refractivity contribution < 1.29 is 4.74 Å². The molecule has 1 N–H and O–H groups in total. The van der Waals surface area contributed by atoms with Gasteiger partial charge in [0.1, 0.15) is 16.9 Å². The van der Waals surface area contributed by atoms with Crippen LogP contribution in [0.2, 0.25) is 0 Å². The number of thiophene rings is 1. The predicted octanol–water partition coefficient (Wildman–Crippen LogP) is 4.27. The summed E-state index contributed by atoms with van der Waals surface area (Å²) >= 11 is 1.79. The van der Waals surface area contributed by atoms with Crippen LogP contribution < -0.4 is 10.2 Å². The first-order valence-corrected chi connectivity index (χ1v) is 9.24. The predicted molar refractivity (Wildman–Crippen MR) is 103 cm³/mol. The molecule has 0 saturated heterocycles. The van der Waals surface area contributed by atoms with Gasteiger partial charge in [0.2, 0.25) is 0 Å². The molecule has 1 atom stereocenters. The van der Waals surface area contributed by atoms with Crippen LogP contribution in [0.25, 0.3) is 10.2 Å². The Morgan fingerprint density at radius 1 is 1.28 bits per heavy atom. The van der Waals surface area contributed by atoms with Crippen molar-refractivity contribution in [1.82, 2.24) is 9.97 Å². The molecule has 0 saturated carbocycles. The highest BCUT2D eigenvalue weighted by Gasteiger charge is 2.22. The molecule has 6 heteroatoms. The van der Waals surface area contributed by atoms with Crippen molar-refractivity contribution in [2.24, 2.45) is 11.0 Å². The van der Waals surface area contributed by atoms with Crippen LogP contribution in [0, 0.1) is 5.92 Å². The fourth-order valence-corrected chi connectivity index (χ4v) is 4.57. The van der Waals surface area contributed by atoms with Gasteiger partial charge < -0.3 is 4.74 Å². The lowest BCUT2D eigenvalue weighted by Crippen LogP contribution is -2.09. The van der Waals surface area contributed by atoms with Crippen molar-refractivity contribution in [1.29, 1.82) is 0 Å². The Hall–Kier alpha value is -2.47. The van der Waals surface area contributed by atoms with Crippen molar-refractivity contribution in [3.8, 4) is 5.75 Å². The molecule has 3 aromatic rings. The minimum absolute atomic E-state index is 0.748. The third-order valence-electron chi connectivity index (χ3n) is 4.59. The lowest BCUT2D eigenvalue weighted by Gasteiger charge is -2.18. The maximum Gasteiger partial charge on any atom is 0.158 e. The number of rotatable bonds is 4. The molecular weight excluding hydrogens is 332 g/mol. The van der Waals surface area contributed by atoms with Crippen molar-refractivity contribution in [3.05, 3.63) is 46.6 Å². The zero-order chi connectivity index (χ0) is 17.2. The summed E-state index contributed by atoms with van der Waals surface area (Å²) in [5, 5.41) is 5.50. The quantitative estimate of drug-likeness (QED) is 0.563. The zero-order valence-electron chi connectivity index (χ0n) is 14.3. The first kappa shape index (κ1) is 16.0. The Bertz CT molecular complexity index is 917. The van der Waals surface area contributed by atoms with E-state index in [1.165, 1.54) is 16.9 Å². The molecule has 2 aromatic heterocycles. The molecule has 0 radical (unpaired) electrons. The number of aryl methyl sites for hydroxylation is 1. The fraction of sp³-hybridized carbons (Fsp3) is 0.316. The number of methoxy groups -OCH3 is 1. The summed E-state index contributed by atoms with van der Waals surface area (Å²) in [6, 6.07) is 7.77. The summed E-state index contributed by atoms with van der Waals surface area (Å²) in [4.78, 5) is 11.4. The minimum atomic E-state index is 0.748. The number of hydrogen-bond donors (Lipinski definition) is 1. The summed E-state index contributed by atoms with van der Waals surface area (Å²) in [7, 11) is 1.66. The van der Waals surface area contributed by atoms with E-state index in [4.69, 9.17) is 4.74 Å². The maximum atomic E-state index is 5.17. The van der Waals surface area contributed by atoms with Gasteiger partial charge in [-0.15, -0.1) is 11.3 Å². The molecular formula is C19H20N4OS. The fourth-order valence-electron chi connectivity index (χ4n) is 3.22. The Labute approximate surface area is 150 Å². The summed E-state index contributed by atoms with van der Waals surface area (Å²) in [5.74, 6) is 2.38. The van der Waals surface area contributed by atoms with E-state index in [1.807, 2.05) is 24.3 Å². The van der Waals surface area contributed by atoms with E-state index < -0.39 is 0 Å². The Kier molecular flexibility index (Phi) is 4.36. The monoisotopic (exact) mass is 352 g/mol. The second kappa shape index (κ2) is 6.80. The third-order valence-corrected chi connectivity index (χ3v) is 5.75. The van der Waals surface area contributed by atoms with Crippen molar-refractivity contribution in [2.75, 3.05) is 12.5 Å². The van der Waals surface area contributed by atoms with E-state index in [2.05, 4.69) is 27.4 Å². The van der Waals surface area contributed by atoms with E-state index in [0.29, 0.717) is 0 Å². The standard InChI is InChI=1S/C19H20N4OS/c1-12-3-8-15-16(9-12)25-19-17(15)18(20-11-21-19)23-22-10-13-4-6-14(24-2)7-5-13/h4-7,10-12H,3,8-9H2,1-2H3,(H,20,21,23)/t12-/m1/s1. The average molecular weight is 352 g/mol. The summed E-state index contributed by atoms with van der Waals surface area (Å²) in [6.07, 6.45) is 6.86. The van der Waals surface area contributed by atoms with Gasteiger partial charge in [-0.05, 0) is 60.6 Å². The van der Waals surface area contributed by atoms with Gasteiger partial charge in [-0.2, -0.15) is 5.10 Å². The maximum absolute atomic E-state index is 5.17. The molecule has 1 aliphatic rings. The SMILES string of the molecule is COc1ccc(C=NNc2ncnc3sc4c(c23)CC[C@@H](C)C4)cc1. The lowest BCUT2D eigenvalue weighted by molar-refractivity contribution is 0.415. The van der Waals surface area contributed by atoms with Crippen LogP contribution in [0.15, 0.2) is 35.7 Å². The number of anilines is 1. The molecule has 0 amide bonds. The number of fused-ring (bicyclic) bond motifs is 3. The molecule has 128 valence electrons. The number of hydrazone groups is 1. The van der Waals surface area contributed by atoms with E-state index in [9.17, 15) is 0 Å². The van der Waals surface area contributed by atoms with E-state index >= 15 is 0 Å². The van der Waals surface area contributed by atoms with Crippen LogP contribution >= 0.6 is 11.3 Å². The van der Waals surface area contributed by atoms with Gasteiger partial charge in [0.05, 0.1) is 18.7 Å². The van der Waals surface area contributed by atoms with Crippen molar-refractivity contribution in [2.45, 2.75) is 26.2 Å². The van der Waals surface area contributed by atoms with E-state index in [0.717, 1.165) is 46.1 Å². The first-order chi connectivity index (χ1) is 12.2. The van der Waals surface area contributed by atoms with Crippen LogP contribution in [0.1, 0.15) is 29.3 Å². The minimum Gasteiger partial charge on any atom is -0.497 e. The smallest absolute Gasteiger partial charge is 0.158 e.